The van der Waals surface area contributed by atoms with Crippen LogP contribution in [-0.2, 0) is 4.79 Å². The number of benzene rings is 1. The van der Waals surface area contributed by atoms with E-state index in [2.05, 4.69) is 0 Å². The van der Waals surface area contributed by atoms with Gasteiger partial charge in [-0.25, -0.2) is 0 Å². The van der Waals surface area contributed by atoms with E-state index in [4.69, 9.17) is 5.73 Å². The maximum absolute atomic E-state index is 11.4. The van der Waals surface area contributed by atoms with E-state index >= 15 is 0 Å². The summed E-state index contributed by atoms with van der Waals surface area (Å²) in [6.45, 7) is 0. The maximum atomic E-state index is 11.4. The Kier molecular flexibility index (Phi) is 3.44. The van der Waals surface area contributed by atoms with Gasteiger partial charge < -0.3 is 10.8 Å². The van der Waals surface area contributed by atoms with Crippen LogP contribution in [0.5, 0.6) is 0 Å². The first kappa shape index (κ1) is 12.3. The first-order chi connectivity index (χ1) is 8.63. The topological polar surface area (TPSA) is 63.3 Å². The molecule has 0 saturated heterocycles. The predicted octanol–water partition coefficient (Wildman–Crippen LogP) is 1.66. The van der Waals surface area contributed by atoms with Gasteiger partial charge in [0, 0.05) is 5.92 Å². The molecule has 0 radical (unpaired) electrons. The molecule has 1 amide bonds. The van der Waals surface area contributed by atoms with Crippen molar-refractivity contribution in [3.63, 3.8) is 0 Å². The predicted molar refractivity (Wildman–Crippen MR) is 71.4 cm³/mol. The zero-order chi connectivity index (χ0) is 13.0. The molecule has 0 heterocycles. The minimum atomic E-state index is -1.64. The minimum absolute atomic E-state index is 0.444. The summed E-state index contributed by atoms with van der Waals surface area (Å²) < 4.78 is 0. The molecule has 3 N–H and O–H groups in total. The smallest absolute Gasteiger partial charge is 0.254 e. The molecular formula is C15H15NO2. The lowest BCUT2D eigenvalue weighted by Gasteiger charge is -2.28. The molecule has 1 aliphatic carbocycles. The van der Waals surface area contributed by atoms with E-state index in [9.17, 15) is 9.90 Å². The van der Waals surface area contributed by atoms with Crippen LogP contribution in [0.4, 0.5) is 0 Å². The summed E-state index contributed by atoms with van der Waals surface area (Å²) in [6.07, 6.45) is 10.2. The summed E-state index contributed by atoms with van der Waals surface area (Å²) in [5.41, 5.74) is 4.62. The van der Waals surface area contributed by atoms with Gasteiger partial charge in [-0.2, -0.15) is 0 Å². The molecule has 1 aliphatic rings. The quantitative estimate of drug-likeness (QED) is 0.845. The summed E-state index contributed by atoms with van der Waals surface area (Å²) in [5, 5.41) is 10.2. The van der Waals surface area contributed by atoms with Gasteiger partial charge in [-0.15, -0.1) is 0 Å². The lowest BCUT2D eigenvalue weighted by molar-refractivity contribution is -0.133. The van der Waals surface area contributed by atoms with Crippen molar-refractivity contribution in [2.24, 2.45) is 11.7 Å². The summed E-state index contributed by atoms with van der Waals surface area (Å²) in [5.74, 6) is -1.19. The Balaban J connectivity index is 2.23. The van der Waals surface area contributed by atoms with E-state index in [0.717, 1.165) is 5.56 Å². The van der Waals surface area contributed by atoms with Crippen molar-refractivity contribution < 1.29 is 9.90 Å². The number of primary amides is 1. The van der Waals surface area contributed by atoms with Crippen molar-refractivity contribution in [2.45, 2.75) is 5.60 Å². The third-order valence-electron chi connectivity index (χ3n) is 2.98. The number of hydrogen-bond acceptors (Lipinski definition) is 2. The van der Waals surface area contributed by atoms with Crippen LogP contribution in [0.25, 0.3) is 6.08 Å². The molecule has 18 heavy (non-hydrogen) atoms. The molecule has 0 spiro atoms. The van der Waals surface area contributed by atoms with Crippen molar-refractivity contribution in [1.82, 2.24) is 0 Å². The molecule has 2 unspecified atom stereocenters. The number of allylic oxidation sites excluding steroid dienone is 2. The van der Waals surface area contributed by atoms with Gasteiger partial charge in [-0.3, -0.25) is 4.79 Å². The second-order valence-electron chi connectivity index (χ2n) is 4.23. The van der Waals surface area contributed by atoms with Crippen molar-refractivity contribution >= 4 is 12.0 Å². The molecule has 1 aromatic rings. The van der Waals surface area contributed by atoms with Gasteiger partial charge in [-0.1, -0.05) is 60.7 Å². The average Bonchev–Trinajstić information content (AvgIpc) is 2.39. The molecule has 3 nitrogen and oxygen atoms in total. The Morgan fingerprint density at radius 3 is 2.67 bits per heavy atom. The van der Waals surface area contributed by atoms with Crippen LogP contribution >= 0.6 is 0 Å². The van der Waals surface area contributed by atoms with Gasteiger partial charge in [0.2, 0.25) is 0 Å². The maximum Gasteiger partial charge on any atom is 0.254 e. The minimum Gasteiger partial charge on any atom is -0.375 e. The molecule has 92 valence electrons. The molecule has 0 aromatic heterocycles. The largest absolute Gasteiger partial charge is 0.375 e. The van der Waals surface area contributed by atoms with Crippen LogP contribution in [0.1, 0.15) is 5.56 Å². The Bertz CT molecular complexity index is 517. The average molecular weight is 241 g/mol. The normalized spacial score (nSPS) is 26.6. The zero-order valence-corrected chi connectivity index (χ0v) is 9.86. The first-order valence-corrected chi connectivity index (χ1v) is 5.74. The van der Waals surface area contributed by atoms with Crippen LogP contribution < -0.4 is 5.73 Å². The highest BCUT2D eigenvalue weighted by Gasteiger charge is 2.38. The lowest BCUT2D eigenvalue weighted by Crippen LogP contribution is -2.47. The van der Waals surface area contributed by atoms with E-state index in [0.29, 0.717) is 0 Å². The first-order valence-electron chi connectivity index (χ1n) is 5.74. The van der Waals surface area contributed by atoms with Gasteiger partial charge in [-0.05, 0) is 11.6 Å². The highest BCUT2D eigenvalue weighted by atomic mass is 16.3. The number of aliphatic hydroxyl groups is 1. The van der Waals surface area contributed by atoms with Gasteiger partial charge >= 0.3 is 0 Å². The van der Waals surface area contributed by atoms with Gasteiger partial charge in [0.25, 0.3) is 5.91 Å². The molecule has 1 aromatic carbocycles. The van der Waals surface area contributed by atoms with Crippen LogP contribution in [-0.4, -0.2) is 16.6 Å². The summed E-state index contributed by atoms with van der Waals surface area (Å²) in [7, 11) is 0. The molecular weight excluding hydrogens is 226 g/mol. The van der Waals surface area contributed by atoms with Crippen LogP contribution in [0.2, 0.25) is 0 Å². The molecule has 2 rings (SSSR count). The van der Waals surface area contributed by atoms with Gasteiger partial charge in [0.15, 0.2) is 5.60 Å². The lowest BCUT2D eigenvalue weighted by atomic mass is 9.82. The third kappa shape index (κ3) is 2.41. The van der Waals surface area contributed by atoms with E-state index in [1.54, 1.807) is 24.3 Å². The van der Waals surface area contributed by atoms with Crippen molar-refractivity contribution in [3.8, 4) is 0 Å². The molecule has 0 aliphatic heterocycles. The van der Waals surface area contributed by atoms with E-state index < -0.39 is 17.4 Å². The Labute approximate surface area is 106 Å². The van der Waals surface area contributed by atoms with E-state index in [-0.39, 0.29) is 0 Å². The summed E-state index contributed by atoms with van der Waals surface area (Å²) in [6, 6.07) is 9.68. The number of hydrogen-bond donors (Lipinski definition) is 2. The molecule has 0 bridgehead atoms. The van der Waals surface area contributed by atoms with Crippen molar-refractivity contribution in [3.05, 3.63) is 66.3 Å². The van der Waals surface area contributed by atoms with Crippen LogP contribution in [0, 0.1) is 5.92 Å². The molecule has 3 heteroatoms. The Morgan fingerprint density at radius 1 is 1.28 bits per heavy atom. The third-order valence-corrected chi connectivity index (χ3v) is 2.98. The second kappa shape index (κ2) is 5.02. The number of amides is 1. The van der Waals surface area contributed by atoms with Gasteiger partial charge in [0.05, 0.1) is 0 Å². The summed E-state index contributed by atoms with van der Waals surface area (Å²) >= 11 is 0. The number of rotatable bonds is 3. The van der Waals surface area contributed by atoms with E-state index in [1.807, 2.05) is 36.4 Å². The van der Waals surface area contributed by atoms with Crippen molar-refractivity contribution in [1.29, 1.82) is 0 Å². The number of carbonyl (C=O) groups is 1. The fourth-order valence-corrected chi connectivity index (χ4v) is 1.88. The SMILES string of the molecule is NC(=O)C1(O)C=CC=CC1C=Cc1ccccc1. The monoisotopic (exact) mass is 241 g/mol. The Hall–Kier alpha value is -2.13. The molecule has 2 atom stereocenters. The number of nitrogens with two attached hydrogens (primary N) is 1. The van der Waals surface area contributed by atoms with E-state index in [1.165, 1.54) is 6.08 Å². The van der Waals surface area contributed by atoms with Gasteiger partial charge in [0.1, 0.15) is 0 Å². The second-order valence-corrected chi connectivity index (χ2v) is 4.23. The molecule has 0 saturated carbocycles. The fraction of sp³-hybridized carbons (Fsp3) is 0.133. The number of carbonyl (C=O) groups excluding carboxylic acids is 1. The zero-order valence-electron chi connectivity index (χ0n) is 9.86. The fourth-order valence-electron chi connectivity index (χ4n) is 1.88. The Morgan fingerprint density at radius 2 is 2.00 bits per heavy atom. The van der Waals surface area contributed by atoms with Crippen molar-refractivity contribution in [2.75, 3.05) is 0 Å². The highest BCUT2D eigenvalue weighted by molar-refractivity contribution is 5.87. The standard InChI is InChI=1S/C15H15NO2/c16-14(17)15(18)11-5-4-8-13(15)10-9-12-6-2-1-3-7-12/h1-11,13,18H,(H2,16,17). The molecule has 0 fully saturated rings. The van der Waals surface area contributed by atoms with Crippen LogP contribution in [0.3, 0.4) is 0 Å². The summed E-state index contributed by atoms with van der Waals surface area (Å²) in [4.78, 5) is 11.4. The highest BCUT2D eigenvalue weighted by Crippen LogP contribution is 2.26. The van der Waals surface area contributed by atoms with Crippen LogP contribution in [0.15, 0.2) is 60.7 Å².